The van der Waals surface area contributed by atoms with E-state index in [1.807, 2.05) is 0 Å². The fourth-order valence-corrected chi connectivity index (χ4v) is 2.77. The second kappa shape index (κ2) is 8.32. The Morgan fingerprint density at radius 2 is 1.85 bits per heavy atom. The third-order valence-electron chi connectivity index (χ3n) is 3.72. The molecule has 0 aromatic heterocycles. The Balaban J connectivity index is 2.16. The van der Waals surface area contributed by atoms with Crippen molar-refractivity contribution in [2.45, 2.75) is 6.92 Å². The molecule has 0 spiro atoms. The zero-order valence-electron chi connectivity index (χ0n) is 14.3. The number of rotatable bonds is 5. The third-order valence-corrected chi connectivity index (χ3v) is 4.35. The largest absolute Gasteiger partial charge is 0.332 e. The molecule has 0 unspecified atom stereocenters. The number of amides is 2. The first-order valence-corrected chi connectivity index (χ1v) is 8.31. The van der Waals surface area contributed by atoms with Gasteiger partial charge in [-0.1, -0.05) is 29.3 Å². The number of nitrogens with zero attached hydrogens (tertiary/aromatic N) is 2. The highest BCUT2D eigenvalue weighted by Crippen LogP contribution is 2.29. The summed E-state index contributed by atoms with van der Waals surface area (Å²) >= 11 is 11.9. The van der Waals surface area contributed by atoms with Crippen LogP contribution in [-0.2, 0) is 4.79 Å². The normalized spacial score (nSPS) is 10.4. The summed E-state index contributed by atoms with van der Waals surface area (Å²) in [6.45, 7) is 0.843. The van der Waals surface area contributed by atoms with E-state index in [4.69, 9.17) is 23.2 Å². The van der Waals surface area contributed by atoms with E-state index in [2.05, 4.69) is 5.32 Å². The number of carbonyl (C=O) groups is 2. The number of para-hydroxylation sites is 1. The van der Waals surface area contributed by atoms with Crippen molar-refractivity contribution < 1.29 is 18.9 Å². The third kappa shape index (κ3) is 4.72. The minimum absolute atomic E-state index is 0.176. The molecule has 1 N–H and O–H groups in total. The van der Waals surface area contributed by atoms with Crippen LogP contribution in [0.5, 0.6) is 0 Å². The zero-order valence-corrected chi connectivity index (χ0v) is 15.8. The van der Waals surface area contributed by atoms with Gasteiger partial charge in [0, 0.05) is 18.7 Å². The van der Waals surface area contributed by atoms with Crippen molar-refractivity contribution >= 4 is 46.4 Å². The summed E-state index contributed by atoms with van der Waals surface area (Å²) in [4.78, 5) is 35.8. The quantitative estimate of drug-likeness (QED) is 0.590. The molecule has 0 aliphatic heterocycles. The molecule has 27 heavy (non-hydrogen) atoms. The van der Waals surface area contributed by atoms with Gasteiger partial charge in [-0.3, -0.25) is 19.7 Å². The lowest BCUT2D eigenvalue weighted by Crippen LogP contribution is -2.35. The second-order valence-corrected chi connectivity index (χ2v) is 6.48. The Morgan fingerprint density at radius 3 is 2.41 bits per heavy atom. The molecule has 2 aromatic carbocycles. The van der Waals surface area contributed by atoms with E-state index in [1.165, 1.54) is 26.1 Å². The van der Waals surface area contributed by atoms with Gasteiger partial charge >= 0.3 is 0 Å². The number of anilines is 1. The Hall–Kier alpha value is -2.71. The van der Waals surface area contributed by atoms with E-state index in [1.54, 1.807) is 6.07 Å². The molecule has 2 aromatic rings. The molecular weight excluding hydrogens is 400 g/mol. The molecule has 0 bridgehead atoms. The topological polar surface area (TPSA) is 92.6 Å². The van der Waals surface area contributed by atoms with Crippen LogP contribution in [0.15, 0.2) is 30.3 Å². The van der Waals surface area contributed by atoms with Gasteiger partial charge in [-0.05, 0) is 25.1 Å². The van der Waals surface area contributed by atoms with Gasteiger partial charge in [-0.15, -0.1) is 0 Å². The van der Waals surface area contributed by atoms with Crippen LogP contribution in [0.1, 0.15) is 15.9 Å². The molecule has 0 aliphatic rings. The van der Waals surface area contributed by atoms with E-state index in [0.29, 0.717) is 0 Å². The standard InChI is InChI=1S/C17H14Cl2FN3O4/c1-9-13(20)6-10(7-14(9)23(26)27)17(25)22(2)8-15(24)21-16-11(18)4-3-5-12(16)19/h3-7H,8H2,1-2H3,(H,21,24). The maximum Gasteiger partial charge on any atom is 0.276 e. The van der Waals surface area contributed by atoms with Crippen molar-refractivity contribution in [2.24, 2.45) is 0 Å². The fourth-order valence-electron chi connectivity index (χ4n) is 2.28. The average Bonchev–Trinajstić information content (AvgIpc) is 2.59. The summed E-state index contributed by atoms with van der Waals surface area (Å²) < 4.78 is 13.9. The summed E-state index contributed by atoms with van der Waals surface area (Å²) in [6.07, 6.45) is 0. The van der Waals surface area contributed by atoms with Crippen LogP contribution < -0.4 is 5.32 Å². The highest BCUT2D eigenvalue weighted by Gasteiger charge is 2.22. The molecule has 2 amide bonds. The molecule has 0 saturated heterocycles. The van der Waals surface area contributed by atoms with Crippen LogP contribution in [0, 0.1) is 22.9 Å². The first-order chi connectivity index (χ1) is 12.6. The average molecular weight is 414 g/mol. The molecule has 7 nitrogen and oxygen atoms in total. The predicted octanol–water partition coefficient (Wildman–Crippen LogP) is 4.06. The Kier molecular flexibility index (Phi) is 6.35. The number of hydrogen-bond donors (Lipinski definition) is 1. The van der Waals surface area contributed by atoms with Crippen molar-refractivity contribution in [1.82, 2.24) is 4.90 Å². The Morgan fingerprint density at radius 1 is 1.26 bits per heavy atom. The number of nitro groups is 1. The molecule has 142 valence electrons. The van der Waals surface area contributed by atoms with Crippen LogP contribution in [0.3, 0.4) is 0 Å². The first kappa shape index (κ1) is 20.6. The second-order valence-electron chi connectivity index (χ2n) is 5.67. The number of halogens is 3. The van der Waals surface area contributed by atoms with Gasteiger partial charge < -0.3 is 10.2 Å². The summed E-state index contributed by atoms with van der Waals surface area (Å²) in [5.41, 5.74) is -0.732. The number of likely N-dealkylation sites (N-methyl/N-ethyl adjacent to an activating group) is 1. The SMILES string of the molecule is Cc1c(F)cc(C(=O)N(C)CC(=O)Nc2c(Cl)cccc2Cl)cc1[N+](=O)[O-]. The van der Waals surface area contributed by atoms with E-state index >= 15 is 0 Å². The lowest BCUT2D eigenvalue weighted by molar-refractivity contribution is -0.385. The molecular formula is C17H14Cl2FN3O4. The molecule has 2 rings (SSSR count). The van der Waals surface area contributed by atoms with Crippen LogP contribution in [0.25, 0.3) is 0 Å². The highest BCUT2D eigenvalue weighted by molar-refractivity contribution is 6.39. The summed E-state index contributed by atoms with van der Waals surface area (Å²) in [5, 5.41) is 13.9. The summed E-state index contributed by atoms with van der Waals surface area (Å²) in [5.74, 6) is -2.23. The van der Waals surface area contributed by atoms with Crippen molar-refractivity contribution in [3.8, 4) is 0 Å². The highest BCUT2D eigenvalue weighted by atomic mass is 35.5. The Labute approximate surface area is 163 Å². The van der Waals surface area contributed by atoms with Crippen LogP contribution in [-0.4, -0.2) is 35.2 Å². The van der Waals surface area contributed by atoms with E-state index in [9.17, 15) is 24.1 Å². The van der Waals surface area contributed by atoms with Gasteiger partial charge in [-0.25, -0.2) is 4.39 Å². The van der Waals surface area contributed by atoms with Crippen molar-refractivity contribution in [3.63, 3.8) is 0 Å². The number of nitro benzene ring substituents is 1. The van der Waals surface area contributed by atoms with Gasteiger partial charge in [-0.2, -0.15) is 0 Å². The van der Waals surface area contributed by atoms with E-state index < -0.39 is 34.8 Å². The summed E-state index contributed by atoms with van der Waals surface area (Å²) in [6, 6.07) is 6.54. The molecule has 0 radical (unpaired) electrons. The van der Waals surface area contributed by atoms with Crippen molar-refractivity contribution in [1.29, 1.82) is 0 Å². The van der Waals surface area contributed by atoms with Gasteiger partial charge in [0.1, 0.15) is 5.82 Å². The lowest BCUT2D eigenvalue weighted by Gasteiger charge is -2.18. The number of benzene rings is 2. The number of hydrogen-bond acceptors (Lipinski definition) is 4. The monoisotopic (exact) mass is 413 g/mol. The summed E-state index contributed by atoms with van der Waals surface area (Å²) in [7, 11) is 1.31. The smallest absolute Gasteiger partial charge is 0.276 e. The van der Waals surface area contributed by atoms with Crippen LogP contribution in [0.4, 0.5) is 15.8 Å². The van der Waals surface area contributed by atoms with Gasteiger partial charge in [0.05, 0.1) is 32.8 Å². The van der Waals surface area contributed by atoms with Crippen LogP contribution in [0.2, 0.25) is 10.0 Å². The maximum atomic E-state index is 13.9. The number of carbonyl (C=O) groups excluding carboxylic acids is 2. The maximum absolute atomic E-state index is 13.9. The van der Waals surface area contributed by atoms with Crippen molar-refractivity contribution in [2.75, 3.05) is 18.9 Å². The molecule has 0 fully saturated rings. The van der Waals surface area contributed by atoms with E-state index in [-0.39, 0.29) is 26.9 Å². The zero-order chi connectivity index (χ0) is 20.3. The van der Waals surface area contributed by atoms with Gasteiger partial charge in [0.2, 0.25) is 5.91 Å². The van der Waals surface area contributed by atoms with Gasteiger partial charge in [0.15, 0.2) is 0 Å². The molecule has 0 aliphatic carbocycles. The van der Waals surface area contributed by atoms with Crippen molar-refractivity contribution in [3.05, 3.63) is 67.4 Å². The minimum atomic E-state index is -0.881. The van der Waals surface area contributed by atoms with E-state index in [0.717, 1.165) is 17.0 Å². The molecule has 0 heterocycles. The van der Waals surface area contributed by atoms with Gasteiger partial charge in [0.25, 0.3) is 11.6 Å². The predicted molar refractivity (Wildman–Crippen MR) is 99.8 cm³/mol. The minimum Gasteiger partial charge on any atom is -0.332 e. The lowest BCUT2D eigenvalue weighted by atomic mass is 10.1. The first-order valence-electron chi connectivity index (χ1n) is 7.55. The molecule has 0 saturated carbocycles. The molecule has 0 atom stereocenters. The Bertz CT molecular complexity index is 916. The fraction of sp³-hybridized carbons (Fsp3) is 0.176. The number of nitrogens with one attached hydrogen (secondary N) is 1. The van der Waals surface area contributed by atoms with Crippen LogP contribution >= 0.6 is 23.2 Å². The molecule has 10 heteroatoms.